The third-order valence-electron chi connectivity index (χ3n) is 4.37. The van der Waals surface area contributed by atoms with Crippen molar-refractivity contribution in [1.82, 2.24) is 9.55 Å². The van der Waals surface area contributed by atoms with E-state index in [9.17, 15) is 4.79 Å². The molecular weight excluding hydrogens is 280 g/mol. The average Bonchev–Trinajstić information content (AvgIpc) is 3.04. The molecule has 0 aromatic carbocycles. The number of aromatic nitrogens is 2. The van der Waals surface area contributed by atoms with E-state index >= 15 is 0 Å². The molecule has 0 aliphatic heterocycles. The lowest BCUT2D eigenvalue weighted by atomic mass is 9.83. The van der Waals surface area contributed by atoms with E-state index in [2.05, 4.69) is 20.5 Å². The van der Waals surface area contributed by atoms with Gasteiger partial charge >= 0.3 is 0 Å². The topological polar surface area (TPSA) is 96.2 Å². The molecule has 6 heteroatoms. The lowest BCUT2D eigenvalue weighted by Crippen LogP contribution is -2.33. The van der Waals surface area contributed by atoms with Crippen molar-refractivity contribution in [2.24, 2.45) is 17.5 Å². The van der Waals surface area contributed by atoms with Crippen LogP contribution in [0.2, 0.25) is 0 Å². The first kappa shape index (κ1) is 16.7. The SMILES string of the molecule is NOC(CC/C=C(/Cn1ccnc1)C1CCCCC1)C(N)=O. The van der Waals surface area contributed by atoms with E-state index in [0.717, 1.165) is 13.0 Å². The second-order valence-corrected chi connectivity index (χ2v) is 5.95. The van der Waals surface area contributed by atoms with Crippen molar-refractivity contribution in [3.8, 4) is 0 Å². The Hall–Kier alpha value is -1.66. The largest absolute Gasteiger partial charge is 0.367 e. The maximum absolute atomic E-state index is 11.1. The molecule has 122 valence electrons. The number of amides is 1. The molecule has 1 amide bonds. The Bertz CT molecular complexity index is 478. The van der Waals surface area contributed by atoms with E-state index in [1.807, 2.05) is 12.5 Å². The van der Waals surface area contributed by atoms with Crippen molar-refractivity contribution in [3.63, 3.8) is 0 Å². The summed E-state index contributed by atoms with van der Waals surface area (Å²) in [5.41, 5.74) is 6.65. The maximum atomic E-state index is 11.1. The molecule has 1 unspecified atom stereocenters. The van der Waals surface area contributed by atoms with E-state index in [1.165, 1.54) is 37.7 Å². The third kappa shape index (κ3) is 4.96. The van der Waals surface area contributed by atoms with Crippen molar-refractivity contribution < 1.29 is 9.63 Å². The zero-order valence-corrected chi connectivity index (χ0v) is 13.0. The van der Waals surface area contributed by atoms with Gasteiger partial charge in [-0.2, -0.15) is 0 Å². The van der Waals surface area contributed by atoms with Crippen LogP contribution in [0.3, 0.4) is 0 Å². The Morgan fingerprint density at radius 2 is 2.18 bits per heavy atom. The highest BCUT2D eigenvalue weighted by Gasteiger charge is 2.19. The quantitative estimate of drug-likeness (QED) is 0.566. The molecule has 0 spiro atoms. The number of nitrogens with zero attached hydrogens (tertiary/aromatic N) is 2. The number of carbonyl (C=O) groups excluding carboxylic acids is 1. The normalized spacial score (nSPS) is 18.3. The summed E-state index contributed by atoms with van der Waals surface area (Å²) in [4.78, 5) is 19.9. The van der Waals surface area contributed by atoms with Gasteiger partial charge in [0.25, 0.3) is 0 Å². The number of hydrogen-bond acceptors (Lipinski definition) is 4. The molecule has 2 rings (SSSR count). The smallest absolute Gasteiger partial charge is 0.248 e. The van der Waals surface area contributed by atoms with Crippen LogP contribution in [0.1, 0.15) is 44.9 Å². The fraction of sp³-hybridized carbons (Fsp3) is 0.625. The lowest BCUT2D eigenvalue weighted by molar-refractivity contribution is -0.130. The molecule has 1 heterocycles. The van der Waals surface area contributed by atoms with Gasteiger partial charge < -0.3 is 10.3 Å². The summed E-state index contributed by atoms with van der Waals surface area (Å²) in [6, 6.07) is 0. The summed E-state index contributed by atoms with van der Waals surface area (Å²) in [6.07, 6.45) is 14.8. The van der Waals surface area contributed by atoms with Crippen molar-refractivity contribution >= 4 is 5.91 Å². The third-order valence-corrected chi connectivity index (χ3v) is 4.37. The molecule has 4 N–H and O–H groups in total. The minimum absolute atomic E-state index is 0.510. The first-order valence-electron chi connectivity index (χ1n) is 8.00. The van der Waals surface area contributed by atoms with Gasteiger partial charge in [0.2, 0.25) is 5.91 Å². The predicted molar refractivity (Wildman–Crippen MR) is 84.4 cm³/mol. The van der Waals surface area contributed by atoms with Crippen LogP contribution in [-0.4, -0.2) is 21.6 Å². The first-order valence-corrected chi connectivity index (χ1v) is 8.00. The number of imidazole rings is 1. The average molecular weight is 306 g/mol. The van der Waals surface area contributed by atoms with Gasteiger partial charge in [-0.1, -0.05) is 30.9 Å². The van der Waals surface area contributed by atoms with Gasteiger partial charge in [0.05, 0.1) is 6.33 Å². The summed E-state index contributed by atoms with van der Waals surface area (Å²) in [5, 5.41) is 0. The molecule has 1 aliphatic rings. The molecule has 0 bridgehead atoms. The number of rotatable bonds is 8. The van der Waals surface area contributed by atoms with E-state index in [1.54, 1.807) is 6.20 Å². The second-order valence-electron chi connectivity index (χ2n) is 5.95. The molecule has 0 saturated heterocycles. The van der Waals surface area contributed by atoms with Crippen molar-refractivity contribution in [3.05, 3.63) is 30.4 Å². The Kier molecular flexibility index (Phi) is 6.61. The maximum Gasteiger partial charge on any atom is 0.248 e. The van der Waals surface area contributed by atoms with Crippen LogP contribution in [0.25, 0.3) is 0 Å². The summed E-state index contributed by atoms with van der Waals surface area (Å²) >= 11 is 0. The first-order chi connectivity index (χ1) is 10.7. The summed E-state index contributed by atoms with van der Waals surface area (Å²) in [7, 11) is 0. The van der Waals surface area contributed by atoms with Crippen LogP contribution >= 0.6 is 0 Å². The van der Waals surface area contributed by atoms with Gasteiger partial charge in [-0.15, -0.1) is 0 Å². The molecule has 1 aromatic heterocycles. The monoisotopic (exact) mass is 306 g/mol. The molecule has 1 atom stereocenters. The minimum Gasteiger partial charge on any atom is -0.367 e. The summed E-state index contributed by atoms with van der Waals surface area (Å²) in [5.74, 6) is 5.23. The van der Waals surface area contributed by atoms with Gasteiger partial charge in [-0.05, 0) is 31.6 Å². The molecule has 1 aliphatic carbocycles. The molecular formula is C16H26N4O2. The number of primary amides is 1. The lowest BCUT2D eigenvalue weighted by Gasteiger charge is -2.25. The van der Waals surface area contributed by atoms with Gasteiger partial charge in [0.1, 0.15) is 0 Å². The van der Waals surface area contributed by atoms with Crippen LogP contribution in [-0.2, 0) is 16.2 Å². The predicted octanol–water partition coefficient (Wildman–Crippen LogP) is 1.91. The minimum atomic E-state index is -0.711. The van der Waals surface area contributed by atoms with Crippen LogP contribution in [0, 0.1) is 5.92 Å². The fourth-order valence-corrected chi connectivity index (χ4v) is 3.12. The Balaban J connectivity index is 1.99. The number of allylic oxidation sites excluding steroid dienone is 2. The van der Waals surface area contributed by atoms with E-state index < -0.39 is 12.0 Å². The highest BCUT2D eigenvalue weighted by atomic mass is 16.6. The van der Waals surface area contributed by atoms with E-state index in [0.29, 0.717) is 12.3 Å². The molecule has 1 saturated carbocycles. The van der Waals surface area contributed by atoms with Crippen molar-refractivity contribution in [2.75, 3.05) is 0 Å². The summed E-state index contributed by atoms with van der Waals surface area (Å²) in [6.45, 7) is 0.857. The number of hydrogen-bond donors (Lipinski definition) is 2. The van der Waals surface area contributed by atoms with Gasteiger partial charge in [0, 0.05) is 18.9 Å². The zero-order chi connectivity index (χ0) is 15.8. The highest BCUT2D eigenvalue weighted by Crippen LogP contribution is 2.31. The van der Waals surface area contributed by atoms with Gasteiger partial charge in [-0.25, -0.2) is 10.9 Å². The van der Waals surface area contributed by atoms with Gasteiger partial charge in [0.15, 0.2) is 6.10 Å². The molecule has 1 fully saturated rings. The van der Waals surface area contributed by atoms with E-state index in [4.69, 9.17) is 11.6 Å². The standard InChI is InChI=1S/C16H26N4O2/c17-16(21)15(22-18)8-4-7-14(11-20-10-9-19-12-20)13-5-2-1-3-6-13/h7,9-10,12-13,15H,1-6,8,11,18H2,(H2,17,21)/b14-7-. The Morgan fingerprint density at radius 3 is 2.77 bits per heavy atom. The van der Waals surface area contributed by atoms with Crippen molar-refractivity contribution in [1.29, 1.82) is 0 Å². The van der Waals surface area contributed by atoms with Crippen LogP contribution in [0.15, 0.2) is 30.4 Å². The molecule has 22 heavy (non-hydrogen) atoms. The fourth-order valence-electron chi connectivity index (χ4n) is 3.12. The number of carbonyl (C=O) groups is 1. The van der Waals surface area contributed by atoms with Crippen LogP contribution in [0.4, 0.5) is 0 Å². The molecule has 6 nitrogen and oxygen atoms in total. The van der Waals surface area contributed by atoms with E-state index in [-0.39, 0.29) is 0 Å². The Labute approximate surface area is 131 Å². The number of nitrogens with two attached hydrogens (primary N) is 2. The zero-order valence-electron chi connectivity index (χ0n) is 13.0. The molecule has 0 radical (unpaired) electrons. The van der Waals surface area contributed by atoms with Crippen LogP contribution in [0.5, 0.6) is 0 Å². The van der Waals surface area contributed by atoms with Crippen molar-refractivity contribution in [2.45, 2.75) is 57.6 Å². The summed E-state index contributed by atoms with van der Waals surface area (Å²) < 4.78 is 2.09. The van der Waals surface area contributed by atoms with Crippen LogP contribution < -0.4 is 11.6 Å². The second kappa shape index (κ2) is 8.70. The highest BCUT2D eigenvalue weighted by molar-refractivity contribution is 5.78. The Morgan fingerprint density at radius 1 is 1.41 bits per heavy atom. The molecule has 1 aromatic rings. The van der Waals surface area contributed by atoms with Gasteiger partial charge in [-0.3, -0.25) is 9.63 Å².